The molecule has 0 saturated heterocycles. The number of benzene rings is 2. The van der Waals surface area contributed by atoms with Crippen molar-refractivity contribution >= 4 is 23.9 Å². The number of ether oxygens (including phenoxy) is 7. The average molecular weight is 749 g/mol. The van der Waals surface area contributed by atoms with Gasteiger partial charge < -0.3 is 38.3 Å². The number of hydrogen-bond donors (Lipinski definition) is 2. The van der Waals surface area contributed by atoms with Crippen LogP contribution in [0.15, 0.2) is 60.7 Å². The van der Waals surface area contributed by atoms with Gasteiger partial charge >= 0.3 is 23.9 Å². The van der Waals surface area contributed by atoms with E-state index in [1.807, 2.05) is 60.7 Å². The Morgan fingerprint density at radius 1 is 0.442 bits per heavy atom. The lowest BCUT2D eigenvalue weighted by molar-refractivity contribution is -0.347. The maximum Gasteiger partial charge on any atom is 0.344 e. The van der Waals surface area contributed by atoms with Crippen LogP contribution < -0.4 is 0 Å². The summed E-state index contributed by atoms with van der Waals surface area (Å²) < 4.78 is 33.7. The van der Waals surface area contributed by atoms with Crippen molar-refractivity contribution in [2.75, 3.05) is 92.9 Å². The minimum Gasteiger partial charge on any atom is -0.479 e. The Hall–Kier alpha value is -4.16. The van der Waals surface area contributed by atoms with E-state index in [1.54, 1.807) is 0 Å². The first-order chi connectivity index (χ1) is 25.4. The van der Waals surface area contributed by atoms with Gasteiger partial charge in [0.25, 0.3) is 0 Å². The summed E-state index contributed by atoms with van der Waals surface area (Å²) in [6.07, 6.45) is 0. The third kappa shape index (κ3) is 30.6. The Kier molecular flexibility index (Phi) is 29.9. The van der Waals surface area contributed by atoms with Crippen molar-refractivity contribution in [1.29, 1.82) is 0 Å². The second kappa shape index (κ2) is 34.0. The fourth-order valence-electron chi connectivity index (χ4n) is 2.93. The smallest absolute Gasteiger partial charge is 0.344 e. The minimum absolute atomic E-state index is 0.0115. The van der Waals surface area contributed by atoms with Gasteiger partial charge in [0.15, 0.2) is 13.2 Å². The van der Waals surface area contributed by atoms with Gasteiger partial charge in [-0.1, -0.05) is 60.7 Å². The summed E-state index contributed by atoms with van der Waals surface area (Å²) in [4.78, 5) is 76.6. The highest BCUT2D eigenvalue weighted by atomic mass is 17.2. The molecule has 0 aromatic heterocycles. The predicted octanol–water partition coefficient (Wildman–Crippen LogP) is 1.40. The molecule has 0 unspecified atom stereocenters. The largest absolute Gasteiger partial charge is 0.479 e. The van der Waals surface area contributed by atoms with Gasteiger partial charge in [-0.05, 0) is 11.1 Å². The normalized spacial score (nSPS) is 10.6. The van der Waals surface area contributed by atoms with Gasteiger partial charge in [0.1, 0.15) is 79.7 Å². The molecule has 0 aliphatic heterocycles. The van der Waals surface area contributed by atoms with Crippen molar-refractivity contribution in [2.24, 2.45) is 0 Å². The molecule has 0 radical (unpaired) electrons. The lowest BCUT2D eigenvalue weighted by atomic mass is 10.2. The van der Waals surface area contributed by atoms with E-state index in [0.29, 0.717) is 6.61 Å². The second-order valence-electron chi connectivity index (χ2n) is 9.30. The van der Waals surface area contributed by atoms with E-state index < -0.39 is 43.7 Å². The summed E-state index contributed by atoms with van der Waals surface area (Å²) in [5, 5.41) is 16.2. The molecule has 0 amide bonds. The van der Waals surface area contributed by atoms with E-state index in [-0.39, 0.29) is 79.7 Å². The van der Waals surface area contributed by atoms with Gasteiger partial charge in [0.05, 0.1) is 13.2 Å². The van der Waals surface area contributed by atoms with E-state index in [2.05, 4.69) is 19.4 Å². The van der Waals surface area contributed by atoms with Gasteiger partial charge in [-0.25, -0.2) is 53.4 Å². The Labute approximate surface area is 298 Å². The van der Waals surface area contributed by atoms with Crippen LogP contribution in [0, 0.1) is 0 Å². The number of carboxylic acid groups (broad SMARTS) is 1. The van der Waals surface area contributed by atoms with E-state index in [0.717, 1.165) is 11.1 Å². The molecular formula is C32H44O20. The van der Waals surface area contributed by atoms with Crippen LogP contribution in [0.25, 0.3) is 0 Å². The standard InChI is InChI=1S/C23H28O10.C9H16O10/c24-22(29-18-23(25)28-15-20-7-3-1-4-8-20)17-27-19-26-11-12-30-31-13-14-32-33-16-21-9-5-2-6-10-21;10-8(11)5-16-9(12)6-15-7-14-1-3-18-19-4-2-17-13/h1-10H,11-19H2;13H,1-7H2,(H,10,11). The number of carbonyl (C=O) groups excluding carboxylic acids is 3. The molecule has 0 bridgehead atoms. The molecule has 0 atom stereocenters. The maximum absolute atomic E-state index is 11.5. The fourth-order valence-corrected chi connectivity index (χ4v) is 2.93. The Bertz CT molecular complexity index is 1170. The molecule has 2 N–H and O–H groups in total. The molecule has 20 nitrogen and oxygen atoms in total. The molecule has 292 valence electrons. The number of carboxylic acids is 1. The molecule has 0 aliphatic carbocycles. The van der Waals surface area contributed by atoms with Gasteiger partial charge in [0, 0.05) is 0 Å². The SMILES string of the molecule is O=C(COCOCCOOCCOOCc1ccccc1)OCC(=O)OCc1ccccc1.O=C(O)COC(=O)COCOCCOOCCOO. The van der Waals surface area contributed by atoms with Crippen molar-refractivity contribution in [3.63, 3.8) is 0 Å². The van der Waals surface area contributed by atoms with Gasteiger partial charge in [-0.2, -0.15) is 0 Å². The average Bonchev–Trinajstić information content (AvgIpc) is 3.16. The Morgan fingerprint density at radius 2 is 0.865 bits per heavy atom. The van der Waals surface area contributed by atoms with Crippen LogP contribution in [0.1, 0.15) is 11.1 Å². The molecule has 0 aliphatic rings. The molecule has 0 fully saturated rings. The van der Waals surface area contributed by atoms with Crippen LogP contribution in [0.2, 0.25) is 0 Å². The highest BCUT2D eigenvalue weighted by molar-refractivity contribution is 5.77. The van der Waals surface area contributed by atoms with Crippen LogP contribution in [-0.2, 0) is 99.8 Å². The summed E-state index contributed by atoms with van der Waals surface area (Å²) in [6.45, 7) is -0.729. The fraction of sp³-hybridized carbons (Fsp3) is 0.500. The molecule has 2 aromatic rings. The Morgan fingerprint density at radius 3 is 1.37 bits per heavy atom. The molecule has 0 saturated carbocycles. The van der Waals surface area contributed by atoms with Crippen LogP contribution in [-0.4, -0.2) is 127 Å². The number of rotatable bonds is 31. The van der Waals surface area contributed by atoms with Gasteiger partial charge in [0.2, 0.25) is 0 Å². The van der Waals surface area contributed by atoms with Gasteiger partial charge in [-0.3, -0.25) is 5.26 Å². The topological polar surface area (TPSA) is 238 Å². The second-order valence-corrected chi connectivity index (χ2v) is 9.30. The monoisotopic (exact) mass is 748 g/mol. The van der Waals surface area contributed by atoms with Crippen LogP contribution in [0.3, 0.4) is 0 Å². The quantitative estimate of drug-likeness (QED) is 0.0277. The first-order valence-corrected chi connectivity index (χ1v) is 15.5. The molecule has 52 heavy (non-hydrogen) atoms. The third-order valence-electron chi connectivity index (χ3n) is 5.17. The summed E-state index contributed by atoms with van der Waals surface area (Å²) in [5.41, 5.74) is 1.84. The zero-order valence-electron chi connectivity index (χ0n) is 28.3. The lowest BCUT2D eigenvalue weighted by Crippen LogP contribution is -2.20. The highest BCUT2D eigenvalue weighted by Gasteiger charge is 2.09. The van der Waals surface area contributed by atoms with Crippen molar-refractivity contribution in [2.45, 2.75) is 13.2 Å². The third-order valence-corrected chi connectivity index (χ3v) is 5.17. The van der Waals surface area contributed by atoms with Crippen LogP contribution in [0.5, 0.6) is 0 Å². The number of carbonyl (C=O) groups is 4. The molecule has 2 aromatic carbocycles. The summed E-state index contributed by atoms with van der Waals surface area (Å²) in [6, 6.07) is 18.8. The zero-order valence-corrected chi connectivity index (χ0v) is 28.3. The molecule has 0 heterocycles. The van der Waals surface area contributed by atoms with E-state index in [9.17, 15) is 19.2 Å². The maximum atomic E-state index is 11.5. The predicted molar refractivity (Wildman–Crippen MR) is 169 cm³/mol. The van der Waals surface area contributed by atoms with E-state index in [1.165, 1.54) is 0 Å². The molecule has 2 rings (SSSR count). The summed E-state index contributed by atoms with van der Waals surface area (Å²) in [5.74, 6) is -3.39. The van der Waals surface area contributed by atoms with Crippen LogP contribution >= 0.6 is 0 Å². The van der Waals surface area contributed by atoms with E-state index >= 15 is 0 Å². The first kappa shape index (κ1) is 45.9. The minimum atomic E-state index is -1.24. The van der Waals surface area contributed by atoms with Crippen molar-refractivity contribution < 1.29 is 96.9 Å². The molecule has 20 heteroatoms. The highest BCUT2D eigenvalue weighted by Crippen LogP contribution is 2.02. The van der Waals surface area contributed by atoms with E-state index in [4.69, 9.17) is 58.3 Å². The molecule has 0 spiro atoms. The first-order valence-electron chi connectivity index (χ1n) is 15.5. The summed E-state index contributed by atoms with van der Waals surface area (Å²) >= 11 is 0. The number of hydrogen-bond acceptors (Lipinski definition) is 19. The summed E-state index contributed by atoms with van der Waals surface area (Å²) in [7, 11) is 0. The lowest BCUT2D eigenvalue weighted by Gasteiger charge is -2.08. The van der Waals surface area contributed by atoms with Gasteiger partial charge in [-0.15, -0.1) is 0 Å². The van der Waals surface area contributed by atoms with Crippen LogP contribution in [0.4, 0.5) is 0 Å². The number of esters is 3. The number of aliphatic carboxylic acids is 1. The van der Waals surface area contributed by atoms with Crippen molar-refractivity contribution in [3.05, 3.63) is 71.8 Å². The van der Waals surface area contributed by atoms with Crippen molar-refractivity contribution in [3.8, 4) is 0 Å². The zero-order chi connectivity index (χ0) is 37.7. The van der Waals surface area contributed by atoms with Crippen molar-refractivity contribution in [1.82, 2.24) is 0 Å². The Balaban J connectivity index is 0.000000607. The molecular weight excluding hydrogens is 704 g/mol.